The van der Waals surface area contributed by atoms with Crippen LogP contribution in [-0.2, 0) is 14.3 Å². The highest BCUT2D eigenvalue weighted by atomic mass is 16.5. The summed E-state index contributed by atoms with van der Waals surface area (Å²) in [5, 5.41) is 3.10. The van der Waals surface area contributed by atoms with Crippen LogP contribution in [0.4, 0.5) is 5.69 Å². The molecule has 1 aromatic carbocycles. The molecule has 0 aliphatic rings. The van der Waals surface area contributed by atoms with Gasteiger partial charge in [-0.25, -0.2) is 4.79 Å². The highest BCUT2D eigenvalue weighted by Crippen LogP contribution is 2.12. The van der Waals surface area contributed by atoms with Gasteiger partial charge in [0.15, 0.2) is 0 Å². The Morgan fingerprint density at radius 3 is 2.39 bits per heavy atom. The monoisotopic (exact) mass is 251 g/mol. The lowest BCUT2D eigenvalue weighted by atomic mass is 10.2. The minimum absolute atomic E-state index is 0.269. The molecule has 0 fully saturated rings. The van der Waals surface area contributed by atoms with Crippen LogP contribution in [0.1, 0.15) is 20.8 Å². The fourth-order valence-corrected chi connectivity index (χ4v) is 1.38. The molecule has 1 rings (SSSR count). The van der Waals surface area contributed by atoms with Crippen LogP contribution in [0.5, 0.6) is 0 Å². The maximum atomic E-state index is 11.7. The maximum absolute atomic E-state index is 11.7. The summed E-state index contributed by atoms with van der Waals surface area (Å²) in [5.74, 6) is -0.330. The molecule has 0 amide bonds. The summed E-state index contributed by atoms with van der Waals surface area (Å²) in [6.45, 7) is 6.11. The quantitative estimate of drug-likeness (QED) is 0.817. The van der Waals surface area contributed by atoms with Gasteiger partial charge in [0.05, 0.1) is 19.3 Å². The number of hydrogen-bond acceptors (Lipinski definition) is 4. The lowest BCUT2D eigenvalue weighted by molar-refractivity contribution is -0.144. The predicted octanol–water partition coefficient (Wildman–Crippen LogP) is 2.46. The first kappa shape index (κ1) is 14.5. The van der Waals surface area contributed by atoms with Crippen molar-refractivity contribution in [1.29, 1.82) is 0 Å². The van der Waals surface area contributed by atoms with Crippen molar-refractivity contribution in [3.8, 4) is 0 Å². The zero-order valence-electron chi connectivity index (χ0n) is 11.4. The highest BCUT2D eigenvalue weighted by Gasteiger charge is 2.22. The Hall–Kier alpha value is -1.55. The van der Waals surface area contributed by atoms with Crippen LogP contribution in [0, 0.1) is 0 Å². The van der Waals surface area contributed by atoms with Gasteiger partial charge in [-0.2, -0.15) is 0 Å². The normalized spacial score (nSPS) is 12.9. The van der Waals surface area contributed by atoms with Crippen molar-refractivity contribution in [2.75, 3.05) is 19.0 Å². The number of para-hydroxylation sites is 1. The number of carbonyl (C=O) groups excluding carboxylic acids is 1. The number of ether oxygens (including phenoxy) is 2. The van der Waals surface area contributed by atoms with Crippen LogP contribution in [0.2, 0.25) is 0 Å². The van der Waals surface area contributed by atoms with Gasteiger partial charge in [-0.1, -0.05) is 18.2 Å². The van der Waals surface area contributed by atoms with E-state index in [2.05, 4.69) is 5.32 Å². The van der Waals surface area contributed by atoms with Gasteiger partial charge in [-0.15, -0.1) is 0 Å². The molecule has 0 aliphatic heterocycles. The molecule has 1 N–H and O–H groups in total. The number of carbonyl (C=O) groups is 1. The standard InChI is InChI=1S/C14H21NO3/c1-14(2,3)18-10-12(13(16)17-4)15-11-8-6-5-7-9-11/h5-9,12,15H,10H2,1-4H3/t12-/m1/s1. The van der Waals surface area contributed by atoms with E-state index in [4.69, 9.17) is 9.47 Å². The molecule has 100 valence electrons. The third-order valence-corrected chi connectivity index (χ3v) is 2.28. The Bertz CT molecular complexity index is 370. The highest BCUT2D eigenvalue weighted by molar-refractivity contribution is 5.79. The van der Waals surface area contributed by atoms with Crippen molar-refractivity contribution in [2.45, 2.75) is 32.4 Å². The first-order valence-electron chi connectivity index (χ1n) is 5.96. The molecule has 0 saturated carbocycles. The largest absolute Gasteiger partial charge is 0.467 e. The number of nitrogens with one attached hydrogen (secondary N) is 1. The zero-order valence-corrected chi connectivity index (χ0v) is 11.4. The van der Waals surface area contributed by atoms with Gasteiger partial charge in [-0.05, 0) is 32.9 Å². The van der Waals surface area contributed by atoms with E-state index in [1.54, 1.807) is 0 Å². The molecule has 1 aromatic rings. The van der Waals surface area contributed by atoms with E-state index < -0.39 is 6.04 Å². The van der Waals surface area contributed by atoms with Crippen LogP contribution >= 0.6 is 0 Å². The number of esters is 1. The summed E-state index contributed by atoms with van der Waals surface area (Å²) in [6, 6.07) is 9.02. The Morgan fingerprint density at radius 1 is 1.28 bits per heavy atom. The zero-order chi connectivity index (χ0) is 13.6. The molecule has 0 bridgehead atoms. The average molecular weight is 251 g/mol. The molecule has 18 heavy (non-hydrogen) atoms. The smallest absolute Gasteiger partial charge is 0.330 e. The summed E-state index contributed by atoms with van der Waals surface area (Å²) >= 11 is 0. The van der Waals surface area contributed by atoms with Gasteiger partial charge >= 0.3 is 5.97 Å². The Balaban J connectivity index is 2.65. The fraction of sp³-hybridized carbons (Fsp3) is 0.500. The van der Waals surface area contributed by atoms with Crippen molar-refractivity contribution in [2.24, 2.45) is 0 Å². The SMILES string of the molecule is COC(=O)[C@@H](COC(C)(C)C)Nc1ccccc1. The van der Waals surface area contributed by atoms with Gasteiger partial charge in [0.2, 0.25) is 0 Å². The van der Waals surface area contributed by atoms with E-state index in [1.165, 1.54) is 7.11 Å². The molecular weight excluding hydrogens is 230 g/mol. The Kier molecular flexibility index (Phi) is 5.16. The number of hydrogen-bond donors (Lipinski definition) is 1. The van der Waals surface area contributed by atoms with Gasteiger partial charge in [-0.3, -0.25) is 0 Å². The van der Waals surface area contributed by atoms with Gasteiger partial charge in [0.25, 0.3) is 0 Å². The molecule has 0 aliphatic carbocycles. The van der Waals surface area contributed by atoms with Gasteiger partial charge < -0.3 is 14.8 Å². The van der Waals surface area contributed by atoms with E-state index >= 15 is 0 Å². The summed E-state index contributed by atoms with van der Waals surface area (Å²) < 4.78 is 10.4. The summed E-state index contributed by atoms with van der Waals surface area (Å²) in [6.07, 6.45) is 0. The number of methoxy groups -OCH3 is 1. The molecule has 0 radical (unpaired) electrons. The molecule has 4 heteroatoms. The van der Waals surface area contributed by atoms with Crippen molar-refractivity contribution in [3.63, 3.8) is 0 Å². The molecule has 0 saturated heterocycles. The topological polar surface area (TPSA) is 47.6 Å². The summed E-state index contributed by atoms with van der Waals surface area (Å²) in [5.41, 5.74) is 0.579. The van der Waals surface area contributed by atoms with Gasteiger partial charge in [0.1, 0.15) is 6.04 Å². The second-order valence-corrected chi connectivity index (χ2v) is 5.01. The van der Waals surface area contributed by atoms with Crippen molar-refractivity contribution in [3.05, 3.63) is 30.3 Å². The van der Waals surface area contributed by atoms with E-state index in [0.717, 1.165) is 5.69 Å². The van der Waals surface area contributed by atoms with E-state index in [-0.39, 0.29) is 18.2 Å². The maximum Gasteiger partial charge on any atom is 0.330 e. The number of rotatable bonds is 5. The van der Waals surface area contributed by atoms with Crippen LogP contribution in [0.25, 0.3) is 0 Å². The molecule has 4 nitrogen and oxygen atoms in total. The molecule has 0 heterocycles. The van der Waals surface area contributed by atoms with Crippen LogP contribution in [-0.4, -0.2) is 31.3 Å². The number of benzene rings is 1. The molecule has 0 spiro atoms. The summed E-state index contributed by atoms with van der Waals surface area (Å²) in [7, 11) is 1.37. The van der Waals surface area contributed by atoms with Crippen molar-refractivity contribution < 1.29 is 14.3 Å². The average Bonchev–Trinajstić information content (AvgIpc) is 2.33. The second-order valence-electron chi connectivity index (χ2n) is 5.01. The van der Waals surface area contributed by atoms with Crippen molar-refractivity contribution in [1.82, 2.24) is 0 Å². The fourth-order valence-electron chi connectivity index (χ4n) is 1.38. The minimum Gasteiger partial charge on any atom is -0.467 e. The lowest BCUT2D eigenvalue weighted by Gasteiger charge is -2.24. The minimum atomic E-state index is -0.503. The van der Waals surface area contributed by atoms with E-state index in [9.17, 15) is 4.79 Å². The second kappa shape index (κ2) is 6.40. The predicted molar refractivity (Wildman–Crippen MR) is 71.6 cm³/mol. The molecule has 0 aromatic heterocycles. The molecule has 0 unspecified atom stereocenters. The van der Waals surface area contributed by atoms with Crippen LogP contribution in [0.3, 0.4) is 0 Å². The first-order valence-corrected chi connectivity index (χ1v) is 5.96. The lowest BCUT2D eigenvalue weighted by Crippen LogP contribution is -2.38. The van der Waals surface area contributed by atoms with Crippen molar-refractivity contribution >= 4 is 11.7 Å². The summed E-state index contributed by atoms with van der Waals surface area (Å²) in [4.78, 5) is 11.7. The van der Waals surface area contributed by atoms with E-state index in [1.807, 2.05) is 51.1 Å². The molecule has 1 atom stereocenters. The van der Waals surface area contributed by atoms with Gasteiger partial charge in [0, 0.05) is 5.69 Å². The Morgan fingerprint density at radius 2 is 1.89 bits per heavy atom. The van der Waals surface area contributed by atoms with Crippen LogP contribution < -0.4 is 5.32 Å². The first-order chi connectivity index (χ1) is 8.42. The third-order valence-electron chi connectivity index (χ3n) is 2.28. The Labute approximate surface area is 108 Å². The van der Waals surface area contributed by atoms with E-state index in [0.29, 0.717) is 0 Å². The molecular formula is C14H21NO3. The third kappa shape index (κ3) is 5.19. The number of anilines is 1. The van der Waals surface area contributed by atoms with Crippen LogP contribution in [0.15, 0.2) is 30.3 Å².